The molecule has 4 heteroatoms. The predicted octanol–water partition coefficient (Wildman–Crippen LogP) is 7.57. The van der Waals surface area contributed by atoms with E-state index in [1.165, 1.54) is 0 Å². The van der Waals surface area contributed by atoms with Crippen molar-refractivity contribution in [1.82, 2.24) is 0 Å². The Kier molecular flexibility index (Phi) is 6.90. The zero-order valence-corrected chi connectivity index (χ0v) is 20.3. The topological polar surface area (TPSA) is 35.5 Å². The minimum Gasteiger partial charge on any atom is -0.496 e. The molecule has 3 nitrogen and oxygen atoms in total. The van der Waals surface area contributed by atoms with Gasteiger partial charge in [0, 0.05) is 21.7 Å². The number of benzene rings is 3. The highest BCUT2D eigenvalue weighted by molar-refractivity contribution is 6.31. The summed E-state index contributed by atoms with van der Waals surface area (Å²) in [6, 6.07) is 17.8. The fourth-order valence-corrected chi connectivity index (χ4v) is 4.43. The van der Waals surface area contributed by atoms with E-state index in [1.54, 1.807) is 7.11 Å². The Morgan fingerprint density at radius 2 is 1.82 bits per heavy atom. The molecule has 0 saturated carbocycles. The Morgan fingerprint density at radius 3 is 2.58 bits per heavy atom. The van der Waals surface area contributed by atoms with Crippen LogP contribution >= 0.6 is 11.6 Å². The maximum atomic E-state index is 13.0. The Morgan fingerprint density at radius 1 is 1.03 bits per heavy atom. The molecule has 170 valence electrons. The highest BCUT2D eigenvalue weighted by Gasteiger charge is 2.21. The molecule has 0 unspecified atom stereocenters. The first-order valence-electron chi connectivity index (χ1n) is 11.3. The molecule has 0 bridgehead atoms. The molecule has 3 aromatic carbocycles. The number of methoxy groups -OCH3 is 1. The molecule has 0 aliphatic heterocycles. The van der Waals surface area contributed by atoms with Gasteiger partial charge in [0.1, 0.15) is 18.1 Å². The summed E-state index contributed by atoms with van der Waals surface area (Å²) in [7, 11) is 1.66. The van der Waals surface area contributed by atoms with Crippen molar-refractivity contribution in [3.63, 3.8) is 0 Å². The summed E-state index contributed by atoms with van der Waals surface area (Å²) in [5.74, 6) is 1.99. The van der Waals surface area contributed by atoms with E-state index in [1.807, 2.05) is 67.6 Å². The predicted molar refractivity (Wildman–Crippen MR) is 135 cm³/mol. The molecule has 4 rings (SSSR count). The van der Waals surface area contributed by atoms with Crippen molar-refractivity contribution in [2.75, 3.05) is 7.11 Å². The van der Waals surface area contributed by atoms with Crippen molar-refractivity contribution in [1.29, 1.82) is 0 Å². The van der Waals surface area contributed by atoms with Crippen LogP contribution in [0.2, 0.25) is 5.02 Å². The van der Waals surface area contributed by atoms with Crippen molar-refractivity contribution in [2.24, 2.45) is 0 Å². The van der Waals surface area contributed by atoms with Crippen LogP contribution in [0.3, 0.4) is 0 Å². The molecule has 0 saturated heterocycles. The van der Waals surface area contributed by atoms with Crippen molar-refractivity contribution in [3.8, 4) is 11.5 Å². The molecule has 0 atom stereocenters. The van der Waals surface area contributed by atoms with Crippen LogP contribution in [0.1, 0.15) is 64.4 Å². The van der Waals surface area contributed by atoms with Crippen LogP contribution < -0.4 is 9.47 Å². The molecule has 0 spiro atoms. The van der Waals surface area contributed by atoms with E-state index in [0.717, 1.165) is 68.3 Å². The van der Waals surface area contributed by atoms with Crippen molar-refractivity contribution >= 4 is 23.5 Å². The summed E-state index contributed by atoms with van der Waals surface area (Å²) in [6.07, 6.45) is 3.62. The van der Waals surface area contributed by atoms with Gasteiger partial charge in [0.25, 0.3) is 0 Å². The third-order valence-corrected chi connectivity index (χ3v) is 6.57. The fourth-order valence-electron chi connectivity index (χ4n) is 4.26. The number of carbonyl (C=O) groups is 1. The molecule has 33 heavy (non-hydrogen) atoms. The SMILES string of the molecule is COc1ccc(/C=C2\CCc3ccccc3C2=O)cc1COc1cc(C)c(Cl)cc1C(C)C. The van der Waals surface area contributed by atoms with Gasteiger partial charge in [-0.1, -0.05) is 55.8 Å². The second kappa shape index (κ2) is 9.84. The summed E-state index contributed by atoms with van der Waals surface area (Å²) >= 11 is 6.34. The third-order valence-electron chi connectivity index (χ3n) is 6.16. The third kappa shape index (κ3) is 4.99. The first-order valence-corrected chi connectivity index (χ1v) is 11.7. The first-order chi connectivity index (χ1) is 15.9. The molecule has 0 aromatic heterocycles. The van der Waals surface area contributed by atoms with Gasteiger partial charge in [-0.05, 0) is 78.3 Å². The van der Waals surface area contributed by atoms with Gasteiger partial charge in [0.05, 0.1) is 7.11 Å². The van der Waals surface area contributed by atoms with Crippen molar-refractivity contribution in [2.45, 2.75) is 46.1 Å². The standard InChI is InChI=1S/C29H29ClO3/c1-18(2)25-16-26(30)19(3)13-28(25)33-17-23-15-20(9-12-27(23)32-4)14-22-11-10-21-7-5-6-8-24(21)29(22)31/h5-9,12-16,18H,10-11,17H2,1-4H3/b22-14+. The molecule has 3 aromatic rings. The maximum Gasteiger partial charge on any atom is 0.189 e. The van der Waals surface area contributed by atoms with Gasteiger partial charge < -0.3 is 9.47 Å². The monoisotopic (exact) mass is 460 g/mol. The lowest BCUT2D eigenvalue weighted by Crippen LogP contribution is -2.13. The van der Waals surface area contributed by atoms with Gasteiger partial charge in [0.2, 0.25) is 0 Å². The van der Waals surface area contributed by atoms with E-state index in [2.05, 4.69) is 13.8 Å². The number of allylic oxidation sites excluding steroid dienone is 1. The number of rotatable bonds is 6. The molecular formula is C29H29ClO3. The highest BCUT2D eigenvalue weighted by Crippen LogP contribution is 2.34. The van der Waals surface area contributed by atoms with E-state index in [4.69, 9.17) is 21.1 Å². The van der Waals surface area contributed by atoms with Crippen LogP contribution in [0.4, 0.5) is 0 Å². The van der Waals surface area contributed by atoms with Crippen LogP contribution in [0.15, 0.2) is 60.2 Å². The summed E-state index contributed by atoms with van der Waals surface area (Å²) < 4.78 is 11.8. The Bertz CT molecular complexity index is 1220. The average Bonchev–Trinajstić information content (AvgIpc) is 2.81. The number of aryl methyl sites for hydroxylation is 2. The number of hydrogen-bond donors (Lipinski definition) is 0. The largest absolute Gasteiger partial charge is 0.496 e. The van der Waals surface area contributed by atoms with Gasteiger partial charge in [-0.3, -0.25) is 4.79 Å². The van der Waals surface area contributed by atoms with Crippen molar-refractivity contribution in [3.05, 3.63) is 98.6 Å². The lowest BCUT2D eigenvalue weighted by atomic mass is 9.86. The quantitative estimate of drug-likeness (QED) is 0.356. The van der Waals surface area contributed by atoms with Crippen molar-refractivity contribution < 1.29 is 14.3 Å². The van der Waals surface area contributed by atoms with E-state index in [9.17, 15) is 4.79 Å². The minimum atomic E-state index is 0.115. The summed E-state index contributed by atoms with van der Waals surface area (Å²) in [5, 5.41) is 0.746. The molecule has 0 heterocycles. The first kappa shape index (κ1) is 23.1. The van der Waals surface area contributed by atoms with Crippen LogP contribution in [0.25, 0.3) is 6.08 Å². The number of carbonyl (C=O) groups excluding carboxylic acids is 1. The molecule has 0 radical (unpaired) electrons. The number of Topliss-reactive ketones (excluding diaryl/α,β-unsaturated/α-hetero) is 1. The molecule has 1 aliphatic carbocycles. The second-order valence-electron chi connectivity index (χ2n) is 8.81. The molecule has 1 aliphatic rings. The second-order valence-corrected chi connectivity index (χ2v) is 9.22. The zero-order chi connectivity index (χ0) is 23.5. The van der Waals surface area contributed by atoms with Gasteiger partial charge in [0.15, 0.2) is 5.78 Å². The minimum absolute atomic E-state index is 0.115. The Balaban J connectivity index is 1.61. The summed E-state index contributed by atoms with van der Waals surface area (Å²) in [4.78, 5) is 13.0. The van der Waals surface area contributed by atoms with Gasteiger partial charge in [-0.25, -0.2) is 0 Å². The van der Waals surface area contributed by atoms with Crippen LogP contribution in [0.5, 0.6) is 11.5 Å². The smallest absolute Gasteiger partial charge is 0.189 e. The number of hydrogen-bond acceptors (Lipinski definition) is 3. The number of fused-ring (bicyclic) bond motifs is 1. The van der Waals surface area contributed by atoms with E-state index >= 15 is 0 Å². The van der Waals surface area contributed by atoms with E-state index in [0.29, 0.717) is 6.61 Å². The summed E-state index contributed by atoms with van der Waals surface area (Å²) in [5.41, 5.74) is 6.73. The zero-order valence-electron chi connectivity index (χ0n) is 19.6. The van der Waals surface area contributed by atoms with E-state index < -0.39 is 0 Å². The maximum absolute atomic E-state index is 13.0. The lowest BCUT2D eigenvalue weighted by molar-refractivity contribution is 0.102. The number of ketones is 1. The number of halogens is 1. The van der Waals surface area contributed by atoms with E-state index in [-0.39, 0.29) is 11.7 Å². The van der Waals surface area contributed by atoms with Gasteiger partial charge in [-0.2, -0.15) is 0 Å². The fraction of sp³-hybridized carbons (Fsp3) is 0.276. The molecule has 0 amide bonds. The Hall–Kier alpha value is -3.04. The lowest BCUT2D eigenvalue weighted by Gasteiger charge is -2.18. The van der Waals surface area contributed by atoms with Crippen LogP contribution in [0, 0.1) is 6.92 Å². The van der Waals surface area contributed by atoms with Crippen LogP contribution in [-0.2, 0) is 13.0 Å². The molecule has 0 fully saturated rings. The van der Waals surface area contributed by atoms with Crippen LogP contribution in [-0.4, -0.2) is 12.9 Å². The molecule has 0 N–H and O–H groups in total. The molecular weight excluding hydrogens is 432 g/mol. The highest BCUT2D eigenvalue weighted by atomic mass is 35.5. The average molecular weight is 461 g/mol. The Labute approximate surface area is 201 Å². The van der Waals surface area contributed by atoms with Gasteiger partial charge in [-0.15, -0.1) is 0 Å². The van der Waals surface area contributed by atoms with Gasteiger partial charge >= 0.3 is 0 Å². The number of ether oxygens (including phenoxy) is 2. The normalized spacial score (nSPS) is 14.5. The summed E-state index contributed by atoms with van der Waals surface area (Å²) in [6.45, 7) is 6.59.